The summed E-state index contributed by atoms with van der Waals surface area (Å²) in [5.41, 5.74) is 2.27. The highest BCUT2D eigenvalue weighted by atomic mass is 16.2. The van der Waals surface area contributed by atoms with Crippen LogP contribution in [0.15, 0.2) is 42.5 Å². The van der Waals surface area contributed by atoms with E-state index in [-0.39, 0.29) is 29.4 Å². The standard InChI is InChI=1S/C21H22N6O2/c1-12-24-10-14(11-25-12)13-5-6-15-17(9-13)27(19(29)21(15,2)3)20-23-8-7-16(26-20)18(28)22-4/h5,7-11,15H,6H2,1-4H3,(H,22,28). The Morgan fingerprint density at radius 3 is 2.66 bits per heavy atom. The van der Waals surface area contributed by atoms with Crippen molar-refractivity contribution in [3.8, 4) is 0 Å². The van der Waals surface area contributed by atoms with Crippen LogP contribution in [0.4, 0.5) is 5.95 Å². The van der Waals surface area contributed by atoms with Gasteiger partial charge in [-0.05, 0) is 31.1 Å². The molecule has 0 aromatic carbocycles. The first-order chi connectivity index (χ1) is 13.8. The van der Waals surface area contributed by atoms with Crippen molar-refractivity contribution in [2.24, 2.45) is 11.3 Å². The lowest BCUT2D eigenvalue weighted by molar-refractivity contribution is -0.125. The Balaban J connectivity index is 1.79. The molecule has 1 aliphatic carbocycles. The summed E-state index contributed by atoms with van der Waals surface area (Å²) < 4.78 is 0. The lowest BCUT2D eigenvalue weighted by atomic mass is 9.75. The molecule has 1 N–H and O–H groups in total. The molecule has 0 saturated carbocycles. The molecule has 2 aromatic heterocycles. The first-order valence-corrected chi connectivity index (χ1v) is 9.43. The van der Waals surface area contributed by atoms with Gasteiger partial charge in [0.25, 0.3) is 5.91 Å². The summed E-state index contributed by atoms with van der Waals surface area (Å²) >= 11 is 0. The number of fused-ring (bicyclic) bond motifs is 1. The summed E-state index contributed by atoms with van der Waals surface area (Å²) in [7, 11) is 1.54. The van der Waals surface area contributed by atoms with Crippen LogP contribution in [0.5, 0.6) is 0 Å². The minimum Gasteiger partial charge on any atom is -0.354 e. The van der Waals surface area contributed by atoms with E-state index in [0.717, 1.165) is 16.8 Å². The molecule has 1 atom stereocenters. The molecule has 3 heterocycles. The van der Waals surface area contributed by atoms with Crippen molar-refractivity contribution in [3.05, 3.63) is 59.6 Å². The van der Waals surface area contributed by atoms with Crippen LogP contribution in [0, 0.1) is 18.3 Å². The van der Waals surface area contributed by atoms with Crippen LogP contribution in [-0.2, 0) is 4.79 Å². The molecule has 0 spiro atoms. The molecule has 1 saturated heterocycles. The predicted molar refractivity (Wildman–Crippen MR) is 108 cm³/mol. The van der Waals surface area contributed by atoms with E-state index < -0.39 is 5.41 Å². The second kappa shape index (κ2) is 6.88. The fourth-order valence-electron chi connectivity index (χ4n) is 3.78. The van der Waals surface area contributed by atoms with Crippen molar-refractivity contribution in [2.75, 3.05) is 11.9 Å². The molecule has 2 amide bonds. The smallest absolute Gasteiger partial charge is 0.269 e. The highest BCUT2D eigenvalue weighted by molar-refractivity contribution is 6.04. The third kappa shape index (κ3) is 3.10. The molecule has 0 radical (unpaired) electrons. The Morgan fingerprint density at radius 1 is 1.24 bits per heavy atom. The summed E-state index contributed by atoms with van der Waals surface area (Å²) in [6.45, 7) is 5.71. The maximum absolute atomic E-state index is 13.3. The maximum Gasteiger partial charge on any atom is 0.269 e. The highest BCUT2D eigenvalue weighted by Crippen LogP contribution is 2.49. The predicted octanol–water partition coefficient (Wildman–Crippen LogP) is 2.29. The van der Waals surface area contributed by atoms with Crippen LogP contribution in [0.2, 0.25) is 0 Å². The van der Waals surface area contributed by atoms with Crippen LogP contribution >= 0.6 is 0 Å². The number of carbonyl (C=O) groups excluding carboxylic acids is 2. The molecule has 1 aliphatic heterocycles. The second-order valence-corrected chi connectivity index (χ2v) is 7.72. The zero-order valence-corrected chi connectivity index (χ0v) is 16.8. The van der Waals surface area contributed by atoms with Crippen molar-refractivity contribution in [1.29, 1.82) is 0 Å². The maximum atomic E-state index is 13.3. The van der Waals surface area contributed by atoms with Gasteiger partial charge in [-0.1, -0.05) is 19.9 Å². The Bertz CT molecular complexity index is 1060. The van der Waals surface area contributed by atoms with E-state index in [4.69, 9.17) is 0 Å². The van der Waals surface area contributed by atoms with E-state index in [1.807, 2.05) is 26.8 Å². The summed E-state index contributed by atoms with van der Waals surface area (Å²) in [5, 5.41) is 2.55. The Kier molecular flexibility index (Phi) is 4.49. The second-order valence-electron chi connectivity index (χ2n) is 7.72. The zero-order chi connectivity index (χ0) is 20.8. The number of anilines is 1. The number of allylic oxidation sites excluding steroid dienone is 4. The van der Waals surface area contributed by atoms with Gasteiger partial charge in [0.05, 0.1) is 5.41 Å². The van der Waals surface area contributed by atoms with Crippen LogP contribution in [0.25, 0.3) is 5.57 Å². The molecule has 0 bridgehead atoms. The SMILES string of the molecule is CNC(=O)c1ccnc(N2C(=O)C(C)(C)C3CC=C(c4cnc(C)nc4)C=C32)n1. The highest BCUT2D eigenvalue weighted by Gasteiger charge is 2.52. The van der Waals surface area contributed by atoms with Gasteiger partial charge in [-0.3, -0.25) is 14.5 Å². The van der Waals surface area contributed by atoms with Crippen molar-refractivity contribution in [2.45, 2.75) is 27.2 Å². The number of nitrogens with one attached hydrogen (secondary N) is 1. The number of hydrogen-bond donors (Lipinski definition) is 1. The van der Waals surface area contributed by atoms with E-state index in [9.17, 15) is 9.59 Å². The van der Waals surface area contributed by atoms with Gasteiger partial charge < -0.3 is 5.32 Å². The zero-order valence-electron chi connectivity index (χ0n) is 16.8. The molecule has 29 heavy (non-hydrogen) atoms. The monoisotopic (exact) mass is 390 g/mol. The van der Waals surface area contributed by atoms with Crippen molar-refractivity contribution in [1.82, 2.24) is 25.3 Å². The van der Waals surface area contributed by atoms with Crippen LogP contribution in [0.3, 0.4) is 0 Å². The Hall–Kier alpha value is -3.42. The normalized spacial score (nSPS) is 20.1. The van der Waals surface area contributed by atoms with Gasteiger partial charge >= 0.3 is 0 Å². The number of carbonyl (C=O) groups is 2. The van der Waals surface area contributed by atoms with Gasteiger partial charge in [-0.25, -0.2) is 19.9 Å². The Morgan fingerprint density at radius 2 is 1.97 bits per heavy atom. The van der Waals surface area contributed by atoms with Crippen LogP contribution in [0.1, 0.15) is 42.1 Å². The van der Waals surface area contributed by atoms with Gasteiger partial charge in [-0.2, -0.15) is 0 Å². The summed E-state index contributed by atoms with van der Waals surface area (Å²) in [6, 6.07) is 1.52. The van der Waals surface area contributed by atoms with Gasteiger partial charge in [0.1, 0.15) is 11.5 Å². The van der Waals surface area contributed by atoms with Gasteiger partial charge in [-0.15, -0.1) is 0 Å². The molecule has 2 aliphatic rings. The van der Waals surface area contributed by atoms with Gasteiger partial charge in [0.2, 0.25) is 11.9 Å². The molecule has 8 nitrogen and oxygen atoms in total. The third-order valence-electron chi connectivity index (χ3n) is 5.53. The van der Waals surface area contributed by atoms with Crippen molar-refractivity contribution in [3.63, 3.8) is 0 Å². The van der Waals surface area contributed by atoms with Crippen LogP contribution < -0.4 is 10.2 Å². The quantitative estimate of drug-likeness (QED) is 0.863. The Labute approximate surface area is 168 Å². The minimum absolute atomic E-state index is 0.00243. The first-order valence-electron chi connectivity index (χ1n) is 9.43. The lowest BCUT2D eigenvalue weighted by Crippen LogP contribution is -2.32. The first kappa shape index (κ1) is 18.9. The number of aryl methyl sites for hydroxylation is 1. The van der Waals surface area contributed by atoms with E-state index >= 15 is 0 Å². The number of rotatable bonds is 3. The van der Waals surface area contributed by atoms with Gasteiger partial charge in [0.15, 0.2) is 0 Å². The summed E-state index contributed by atoms with van der Waals surface area (Å²) in [5.74, 6) is 0.495. The number of amides is 2. The number of hydrogen-bond acceptors (Lipinski definition) is 6. The largest absolute Gasteiger partial charge is 0.354 e. The van der Waals surface area contributed by atoms with E-state index in [1.54, 1.807) is 17.3 Å². The average Bonchev–Trinajstić information content (AvgIpc) is 2.93. The fraction of sp³-hybridized carbons (Fsp3) is 0.333. The molecular formula is C21H22N6O2. The van der Waals surface area contributed by atoms with Crippen LogP contribution in [-0.4, -0.2) is 38.8 Å². The van der Waals surface area contributed by atoms with E-state index in [2.05, 4.69) is 31.3 Å². The van der Waals surface area contributed by atoms with Crippen molar-refractivity contribution < 1.29 is 9.59 Å². The van der Waals surface area contributed by atoms with Crippen molar-refractivity contribution >= 4 is 23.3 Å². The molecular weight excluding hydrogens is 368 g/mol. The third-order valence-corrected chi connectivity index (χ3v) is 5.53. The lowest BCUT2D eigenvalue weighted by Gasteiger charge is -2.25. The summed E-state index contributed by atoms with van der Waals surface area (Å²) in [6.07, 6.45) is 9.85. The van der Waals surface area contributed by atoms with E-state index in [1.165, 1.54) is 19.3 Å². The fourth-order valence-corrected chi connectivity index (χ4v) is 3.78. The number of nitrogens with zero attached hydrogens (tertiary/aromatic N) is 5. The molecule has 148 valence electrons. The number of aromatic nitrogens is 4. The molecule has 2 aromatic rings. The van der Waals surface area contributed by atoms with E-state index in [0.29, 0.717) is 12.2 Å². The molecule has 4 rings (SSSR count). The molecule has 1 fully saturated rings. The average molecular weight is 390 g/mol. The topological polar surface area (TPSA) is 101 Å². The molecule has 8 heteroatoms. The van der Waals surface area contributed by atoms with Gasteiger partial charge in [0, 0.05) is 42.8 Å². The summed E-state index contributed by atoms with van der Waals surface area (Å²) in [4.78, 5) is 44.0. The minimum atomic E-state index is -0.607. The molecule has 1 unspecified atom stereocenters.